The number of carbonyl (C=O) groups is 2. The number of esters is 1. The molecule has 158 valence electrons. The van der Waals surface area contributed by atoms with Gasteiger partial charge in [0, 0.05) is 10.3 Å². The van der Waals surface area contributed by atoms with Gasteiger partial charge in [0.05, 0.1) is 17.9 Å². The molecule has 0 aliphatic heterocycles. The standard InChI is InChI=1S/C22H19N3O4S2/c1-2-28-22(27)17-13-7-5-9-15(13)31-20(17)25-16(26)10-30-21-19-18(23-11-24-21)12-6-3-4-8-14(12)29-19/h3-4,6,8,11H,2,5,7,9-10H2,1H3,(H,25,26). The number of para-hydroxylation sites is 1. The minimum atomic E-state index is -0.371. The number of aryl methyl sites for hydroxylation is 1. The number of aromatic nitrogens is 2. The molecule has 1 amide bonds. The molecular weight excluding hydrogens is 434 g/mol. The van der Waals surface area contributed by atoms with Crippen LogP contribution in [0.4, 0.5) is 5.00 Å². The average molecular weight is 454 g/mol. The average Bonchev–Trinajstić information content (AvgIpc) is 3.45. The van der Waals surface area contributed by atoms with E-state index >= 15 is 0 Å². The summed E-state index contributed by atoms with van der Waals surface area (Å²) >= 11 is 2.75. The van der Waals surface area contributed by atoms with Crippen molar-refractivity contribution in [3.8, 4) is 0 Å². The van der Waals surface area contributed by atoms with Crippen LogP contribution < -0.4 is 5.32 Å². The molecule has 0 radical (unpaired) electrons. The van der Waals surface area contributed by atoms with Crippen molar-refractivity contribution in [2.45, 2.75) is 31.2 Å². The number of nitrogens with one attached hydrogen (secondary N) is 1. The van der Waals surface area contributed by atoms with Crippen LogP contribution in [0.25, 0.3) is 22.1 Å². The number of rotatable bonds is 6. The van der Waals surface area contributed by atoms with Crippen LogP contribution in [0.15, 0.2) is 40.0 Å². The Labute approximate surface area is 186 Å². The number of ether oxygens (including phenoxy) is 1. The summed E-state index contributed by atoms with van der Waals surface area (Å²) in [6.45, 7) is 2.08. The first-order valence-electron chi connectivity index (χ1n) is 10.0. The summed E-state index contributed by atoms with van der Waals surface area (Å²) in [6, 6.07) is 7.66. The van der Waals surface area contributed by atoms with Crippen molar-refractivity contribution < 1.29 is 18.7 Å². The van der Waals surface area contributed by atoms with Gasteiger partial charge in [-0.25, -0.2) is 14.8 Å². The van der Waals surface area contributed by atoms with Crippen LogP contribution in [0.5, 0.6) is 0 Å². The molecule has 0 spiro atoms. The van der Waals surface area contributed by atoms with Crippen LogP contribution in [0.3, 0.4) is 0 Å². The summed E-state index contributed by atoms with van der Waals surface area (Å²) in [5, 5.41) is 5.00. The second-order valence-corrected chi connectivity index (χ2v) is 9.14. The third kappa shape index (κ3) is 3.68. The predicted octanol–water partition coefficient (Wildman–Crippen LogP) is 4.83. The van der Waals surface area contributed by atoms with E-state index in [1.807, 2.05) is 24.3 Å². The molecule has 1 aromatic carbocycles. The molecule has 0 saturated carbocycles. The Hall–Kier alpha value is -2.91. The number of fused-ring (bicyclic) bond motifs is 4. The lowest BCUT2D eigenvalue weighted by molar-refractivity contribution is -0.113. The van der Waals surface area contributed by atoms with E-state index in [0.717, 1.165) is 46.2 Å². The lowest BCUT2D eigenvalue weighted by Crippen LogP contribution is -2.16. The number of furan rings is 1. The molecule has 1 aliphatic carbocycles. The summed E-state index contributed by atoms with van der Waals surface area (Å²) in [4.78, 5) is 35.0. The fourth-order valence-electron chi connectivity index (χ4n) is 3.81. The smallest absolute Gasteiger partial charge is 0.341 e. The molecule has 5 rings (SSSR count). The first-order chi connectivity index (χ1) is 15.2. The van der Waals surface area contributed by atoms with E-state index in [1.54, 1.807) is 6.92 Å². The van der Waals surface area contributed by atoms with Crippen molar-refractivity contribution in [1.29, 1.82) is 0 Å². The van der Waals surface area contributed by atoms with Crippen molar-refractivity contribution in [1.82, 2.24) is 9.97 Å². The van der Waals surface area contributed by atoms with Crippen molar-refractivity contribution >= 4 is 62.0 Å². The monoisotopic (exact) mass is 453 g/mol. The van der Waals surface area contributed by atoms with Crippen LogP contribution in [0.2, 0.25) is 0 Å². The number of carbonyl (C=O) groups excluding carboxylic acids is 2. The molecule has 1 aliphatic rings. The van der Waals surface area contributed by atoms with Gasteiger partial charge < -0.3 is 14.5 Å². The first kappa shape index (κ1) is 20.0. The zero-order valence-corrected chi connectivity index (χ0v) is 18.4. The maximum absolute atomic E-state index is 12.7. The van der Waals surface area contributed by atoms with Crippen LogP contribution in [-0.2, 0) is 22.4 Å². The maximum atomic E-state index is 12.7. The quantitative estimate of drug-likeness (QED) is 0.254. The van der Waals surface area contributed by atoms with Crippen molar-refractivity contribution in [3.63, 3.8) is 0 Å². The van der Waals surface area contributed by atoms with E-state index in [2.05, 4.69) is 15.3 Å². The molecule has 4 aromatic rings. The highest BCUT2D eigenvalue weighted by Crippen LogP contribution is 2.40. The molecule has 0 saturated heterocycles. The first-order valence-corrected chi connectivity index (χ1v) is 11.8. The van der Waals surface area contributed by atoms with Gasteiger partial charge in [-0.05, 0) is 43.9 Å². The van der Waals surface area contributed by atoms with Crippen molar-refractivity contribution in [2.24, 2.45) is 0 Å². The topological polar surface area (TPSA) is 94.3 Å². The summed E-state index contributed by atoms with van der Waals surface area (Å²) < 4.78 is 11.1. The fraction of sp³-hybridized carbons (Fsp3) is 0.273. The van der Waals surface area contributed by atoms with Gasteiger partial charge in [-0.1, -0.05) is 23.9 Å². The number of hydrogen-bond acceptors (Lipinski definition) is 8. The molecule has 1 N–H and O–H groups in total. The van der Waals surface area contributed by atoms with E-state index < -0.39 is 0 Å². The molecule has 31 heavy (non-hydrogen) atoms. The number of nitrogens with zero attached hydrogens (tertiary/aromatic N) is 2. The highest BCUT2D eigenvalue weighted by Gasteiger charge is 2.28. The molecule has 3 heterocycles. The number of hydrogen-bond donors (Lipinski definition) is 1. The molecule has 3 aromatic heterocycles. The van der Waals surface area contributed by atoms with Gasteiger partial charge in [-0.2, -0.15) is 0 Å². The number of thiophene rings is 1. The Morgan fingerprint density at radius 2 is 2.13 bits per heavy atom. The molecule has 7 nitrogen and oxygen atoms in total. The highest BCUT2D eigenvalue weighted by atomic mass is 32.2. The number of amides is 1. The second kappa shape index (κ2) is 8.32. The van der Waals surface area contributed by atoms with Gasteiger partial charge in [0.1, 0.15) is 27.5 Å². The summed E-state index contributed by atoms with van der Waals surface area (Å²) in [5.41, 5.74) is 3.57. The molecule has 0 atom stereocenters. The molecule has 0 fully saturated rings. The van der Waals surface area contributed by atoms with Gasteiger partial charge in [-0.3, -0.25) is 4.79 Å². The van der Waals surface area contributed by atoms with E-state index in [1.165, 1.54) is 29.4 Å². The number of thioether (sulfide) groups is 1. The Morgan fingerprint density at radius 3 is 3.00 bits per heavy atom. The van der Waals surface area contributed by atoms with Crippen LogP contribution in [0.1, 0.15) is 34.1 Å². The lowest BCUT2D eigenvalue weighted by atomic mass is 10.1. The maximum Gasteiger partial charge on any atom is 0.341 e. The van der Waals surface area contributed by atoms with Crippen LogP contribution in [0, 0.1) is 0 Å². The van der Waals surface area contributed by atoms with Gasteiger partial charge in [0.2, 0.25) is 5.91 Å². The van der Waals surface area contributed by atoms with Gasteiger partial charge >= 0.3 is 5.97 Å². The largest absolute Gasteiger partial charge is 0.462 e. The third-order valence-electron chi connectivity index (χ3n) is 5.12. The Balaban J connectivity index is 1.35. The minimum absolute atomic E-state index is 0.133. The van der Waals surface area contributed by atoms with Crippen LogP contribution in [-0.4, -0.2) is 34.2 Å². The normalized spacial score (nSPS) is 12.9. The number of benzene rings is 1. The van der Waals surface area contributed by atoms with E-state index in [9.17, 15) is 9.59 Å². The minimum Gasteiger partial charge on any atom is -0.462 e. The zero-order valence-electron chi connectivity index (χ0n) is 16.8. The van der Waals surface area contributed by atoms with Gasteiger partial charge in [0.15, 0.2) is 5.58 Å². The van der Waals surface area contributed by atoms with Gasteiger partial charge in [0.25, 0.3) is 0 Å². The molecule has 9 heteroatoms. The van der Waals surface area contributed by atoms with E-state index in [4.69, 9.17) is 9.15 Å². The number of anilines is 1. The lowest BCUT2D eigenvalue weighted by Gasteiger charge is -2.08. The van der Waals surface area contributed by atoms with Crippen molar-refractivity contribution in [2.75, 3.05) is 17.7 Å². The Morgan fingerprint density at radius 1 is 1.26 bits per heavy atom. The molecule has 0 unspecified atom stereocenters. The van der Waals surface area contributed by atoms with Crippen molar-refractivity contribution in [3.05, 3.63) is 46.6 Å². The van der Waals surface area contributed by atoms with E-state index in [-0.39, 0.29) is 17.6 Å². The predicted molar refractivity (Wildman–Crippen MR) is 121 cm³/mol. The summed E-state index contributed by atoms with van der Waals surface area (Å²) in [6.07, 6.45) is 4.28. The van der Waals surface area contributed by atoms with Crippen LogP contribution >= 0.6 is 23.1 Å². The third-order valence-corrected chi connectivity index (χ3v) is 7.30. The second-order valence-electron chi connectivity index (χ2n) is 7.07. The summed E-state index contributed by atoms with van der Waals surface area (Å²) in [7, 11) is 0. The summed E-state index contributed by atoms with van der Waals surface area (Å²) in [5.74, 6) is -0.448. The SMILES string of the molecule is CCOC(=O)c1c(NC(=O)CSc2ncnc3c2oc2ccccc23)sc2c1CCC2. The fourth-order valence-corrected chi connectivity index (χ4v) is 5.84. The van der Waals surface area contributed by atoms with Gasteiger partial charge in [-0.15, -0.1) is 11.3 Å². The molecular formula is C22H19N3O4S2. The molecule has 0 bridgehead atoms. The van der Waals surface area contributed by atoms with E-state index in [0.29, 0.717) is 27.8 Å². The Kier molecular flexibility index (Phi) is 5.37. The zero-order chi connectivity index (χ0) is 21.4. The highest BCUT2D eigenvalue weighted by molar-refractivity contribution is 8.00. The Bertz CT molecular complexity index is 1310.